The molecule has 0 saturated heterocycles. The summed E-state index contributed by atoms with van der Waals surface area (Å²) in [5.41, 5.74) is 1.51. The molecule has 0 saturated carbocycles. The number of carbonyl (C=O) groups is 3. The molecular weight excluding hydrogens is 448 g/mol. The number of hydrogen-bond donors (Lipinski definition) is 0. The van der Waals surface area contributed by atoms with E-state index in [-0.39, 0.29) is 19.2 Å². The lowest BCUT2D eigenvalue weighted by Crippen LogP contribution is -2.42. The molecule has 0 aliphatic heterocycles. The fourth-order valence-electron chi connectivity index (χ4n) is 3.38. The molecule has 35 heavy (non-hydrogen) atoms. The van der Waals surface area contributed by atoms with Crippen molar-refractivity contribution < 1.29 is 23.9 Å². The minimum absolute atomic E-state index is 0.0223. The Morgan fingerprint density at radius 3 is 1.83 bits per heavy atom. The van der Waals surface area contributed by atoms with Gasteiger partial charge in [-0.05, 0) is 31.0 Å². The summed E-state index contributed by atoms with van der Waals surface area (Å²) in [6.07, 6.45) is 2.99. The van der Waals surface area contributed by atoms with Crippen LogP contribution in [0, 0.1) is 11.8 Å². The first kappa shape index (κ1) is 25.4. The average Bonchev–Trinajstić information content (AvgIpc) is 2.89. The van der Waals surface area contributed by atoms with E-state index in [9.17, 15) is 14.4 Å². The molecule has 0 aliphatic rings. The Bertz CT molecular complexity index is 1140. The van der Waals surface area contributed by atoms with E-state index in [2.05, 4.69) is 20.2 Å². The van der Waals surface area contributed by atoms with Gasteiger partial charge in [0, 0.05) is 12.4 Å². The third-order valence-corrected chi connectivity index (χ3v) is 5.17. The van der Waals surface area contributed by atoms with Crippen LogP contribution in [0.15, 0.2) is 89.4 Å². The van der Waals surface area contributed by atoms with Crippen LogP contribution in [0.2, 0.25) is 0 Å². The van der Waals surface area contributed by atoms with E-state index in [0.29, 0.717) is 0 Å². The standard InChI is InChI=1S/C26H26N4O5/c1-18(29-30-26-27-14-9-15-28-26)22(24(32)34-16-20-10-5-3-6-11-20)23(19(2)31)25(33)35-17-21-12-7-4-8-13-21/h3-15,18,22-23H,16-17H2,1-2H3. The van der Waals surface area contributed by atoms with Crippen molar-refractivity contribution in [2.45, 2.75) is 33.1 Å². The first-order valence-corrected chi connectivity index (χ1v) is 11.0. The summed E-state index contributed by atoms with van der Waals surface area (Å²) in [5.74, 6) is -4.73. The maximum absolute atomic E-state index is 13.2. The highest BCUT2D eigenvalue weighted by molar-refractivity contribution is 6.01. The van der Waals surface area contributed by atoms with Crippen LogP contribution in [0.3, 0.4) is 0 Å². The van der Waals surface area contributed by atoms with E-state index in [1.54, 1.807) is 37.3 Å². The summed E-state index contributed by atoms with van der Waals surface area (Å²) in [7, 11) is 0. The highest BCUT2D eigenvalue weighted by Crippen LogP contribution is 2.25. The molecule has 2 aromatic carbocycles. The summed E-state index contributed by atoms with van der Waals surface area (Å²) in [5, 5.41) is 8.07. The Labute approximate surface area is 203 Å². The largest absolute Gasteiger partial charge is 0.461 e. The third kappa shape index (κ3) is 7.63. The zero-order valence-corrected chi connectivity index (χ0v) is 19.5. The topological polar surface area (TPSA) is 120 Å². The van der Waals surface area contributed by atoms with Crippen molar-refractivity contribution in [1.82, 2.24) is 9.97 Å². The quantitative estimate of drug-likeness (QED) is 0.231. The van der Waals surface area contributed by atoms with Gasteiger partial charge in [0.1, 0.15) is 30.8 Å². The predicted molar refractivity (Wildman–Crippen MR) is 126 cm³/mol. The van der Waals surface area contributed by atoms with E-state index in [1.807, 2.05) is 36.4 Å². The zero-order chi connectivity index (χ0) is 25.0. The van der Waals surface area contributed by atoms with Crippen LogP contribution in [-0.4, -0.2) is 33.7 Å². The number of nitrogens with zero attached hydrogens (tertiary/aromatic N) is 4. The van der Waals surface area contributed by atoms with Crippen LogP contribution in [0.25, 0.3) is 0 Å². The zero-order valence-electron chi connectivity index (χ0n) is 19.5. The molecule has 0 bridgehead atoms. The first-order valence-electron chi connectivity index (χ1n) is 11.0. The van der Waals surface area contributed by atoms with Crippen LogP contribution < -0.4 is 0 Å². The van der Waals surface area contributed by atoms with Gasteiger partial charge in [0.05, 0.1) is 6.04 Å². The molecule has 3 unspecified atom stereocenters. The van der Waals surface area contributed by atoms with Crippen molar-refractivity contribution in [3.05, 3.63) is 90.3 Å². The lowest BCUT2D eigenvalue weighted by Gasteiger charge is -2.25. The molecule has 3 rings (SSSR count). The minimum Gasteiger partial charge on any atom is -0.461 e. The second-order valence-corrected chi connectivity index (χ2v) is 7.81. The van der Waals surface area contributed by atoms with E-state index < -0.39 is 35.6 Å². The molecule has 3 aromatic rings. The molecule has 0 N–H and O–H groups in total. The first-order chi connectivity index (χ1) is 17.0. The molecule has 3 atom stereocenters. The van der Waals surface area contributed by atoms with E-state index in [1.165, 1.54) is 19.3 Å². The van der Waals surface area contributed by atoms with Crippen LogP contribution in [-0.2, 0) is 37.1 Å². The number of hydrogen-bond acceptors (Lipinski definition) is 9. The summed E-state index contributed by atoms with van der Waals surface area (Å²) in [6.45, 7) is 2.74. The molecule has 9 heteroatoms. The van der Waals surface area contributed by atoms with Gasteiger partial charge in [0.2, 0.25) is 0 Å². The number of ether oxygens (including phenoxy) is 2. The SMILES string of the molecule is CC(=O)C(C(=O)OCc1ccccc1)C(C(=O)OCc1ccccc1)C(C)N=Nc1ncccn1. The fraction of sp³-hybridized carbons (Fsp3) is 0.269. The molecular formula is C26H26N4O5. The van der Waals surface area contributed by atoms with Crippen molar-refractivity contribution in [3.63, 3.8) is 0 Å². The van der Waals surface area contributed by atoms with E-state index >= 15 is 0 Å². The van der Waals surface area contributed by atoms with Gasteiger partial charge in [0.25, 0.3) is 5.95 Å². The van der Waals surface area contributed by atoms with Gasteiger partial charge in [-0.3, -0.25) is 14.4 Å². The monoisotopic (exact) mass is 474 g/mol. The Balaban J connectivity index is 1.82. The molecule has 0 aliphatic carbocycles. The maximum atomic E-state index is 13.2. The van der Waals surface area contributed by atoms with Gasteiger partial charge in [-0.2, -0.15) is 5.11 Å². The number of rotatable bonds is 11. The Hall–Kier alpha value is -4.27. The highest BCUT2D eigenvalue weighted by Gasteiger charge is 2.43. The number of benzene rings is 2. The number of ketones is 1. The van der Waals surface area contributed by atoms with Crippen LogP contribution >= 0.6 is 0 Å². The van der Waals surface area contributed by atoms with Gasteiger partial charge in [-0.15, -0.1) is 5.11 Å². The second kappa shape index (κ2) is 12.8. The van der Waals surface area contributed by atoms with Gasteiger partial charge < -0.3 is 9.47 Å². The predicted octanol–water partition coefficient (Wildman–Crippen LogP) is 4.26. The number of carbonyl (C=O) groups excluding carboxylic acids is 3. The minimum atomic E-state index is -1.42. The molecule has 0 amide bonds. The van der Waals surface area contributed by atoms with Crippen molar-refractivity contribution >= 4 is 23.7 Å². The van der Waals surface area contributed by atoms with Gasteiger partial charge in [-0.1, -0.05) is 60.7 Å². The molecule has 9 nitrogen and oxygen atoms in total. The molecule has 0 spiro atoms. The Morgan fingerprint density at radius 1 is 0.800 bits per heavy atom. The summed E-state index contributed by atoms with van der Waals surface area (Å²) >= 11 is 0. The van der Waals surface area contributed by atoms with E-state index in [4.69, 9.17) is 9.47 Å². The second-order valence-electron chi connectivity index (χ2n) is 7.81. The van der Waals surface area contributed by atoms with Crippen LogP contribution in [0.1, 0.15) is 25.0 Å². The summed E-state index contributed by atoms with van der Waals surface area (Å²) < 4.78 is 10.9. The molecule has 1 heterocycles. The summed E-state index contributed by atoms with van der Waals surface area (Å²) in [6, 6.07) is 18.8. The molecule has 1 aromatic heterocycles. The highest BCUT2D eigenvalue weighted by atomic mass is 16.5. The normalized spacial score (nSPS) is 13.5. The maximum Gasteiger partial charge on any atom is 0.317 e. The van der Waals surface area contributed by atoms with Crippen molar-refractivity contribution in [2.75, 3.05) is 0 Å². The number of esters is 2. The lowest BCUT2D eigenvalue weighted by atomic mass is 9.84. The Kier molecular flexibility index (Phi) is 9.30. The molecule has 0 radical (unpaired) electrons. The number of aromatic nitrogens is 2. The van der Waals surface area contributed by atoms with Crippen molar-refractivity contribution in [1.29, 1.82) is 0 Å². The van der Waals surface area contributed by atoms with Gasteiger partial charge in [0.15, 0.2) is 0 Å². The van der Waals surface area contributed by atoms with Gasteiger partial charge in [-0.25, -0.2) is 9.97 Å². The van der Waals surface area contributed by atoms with E-state index in [0.717, 1.165) is 11.1 Å². The lowest BCUT2D eigenvalue weighted by molar-refractivity contribution is -0.165. The van der Waals surface area contributed by atoms with Crippen molar-refractivity contribution in [3.8, 4) is 0 Å². The van der Waals surface area contributed by atoms with Crippen LogP contribution in [0.5, 0.6) is 0 Å². The Morgan fingerprint density at radius 2 is 1.31 bits per heavy atom. The number of azo groups is 1. The summed E-state index contributed by atoms with van der Waals surface area (Å²) in [4.78, 5) is 46.7. The van der Waals surface area contributed by atoms with Crippen LogP contribution in [0.4, 0.5) is 5.95 Å². The smallest absolute Gasteiger partial charge is 0.317 e. The fourth-order valence-corrected chi connectivity index (χ4v) is 3.38. The van der Waals surface area contributed by atoms with Crippen molar-refractivity contribution in [2.24, 2.45) is 22.1 Å². The molecule has 180 valence electrons. The number of Topliss-reactive ketones (excluding diaryl/α,β-unsaturated/α-hetero) is 1. The third-order valence-electron chi connectivity index (χ3n) is 5.17. The van der Waals surface area contributed by atoms with Gasteiger partial charge >= 0.3 is 11.9 Å². The molecule has 0 fully saturated rings. The average molecular weight is 475 g/mol.